The number of thioether (sulfide) groups is 1. The van der Waals surface area contributed by atoms with Gasteiger partial charge in [0.05, 0.1) is 6.04 Å². The van der Waals surface area contributed by atoms with Gasteiger partial charge < -0.3 is 9.80 Å². The highest BCUT2D eigenvalue weighted by atomic mass is 32.2. The van der Waals surface area contributed by atoms with Crippen LogP contribution in [0, 0.1) is 0 Å². The van der Waals surface area contributed by atoms with E-state index in [0.29, 0.717) is 0 Å². The average Bonchev–Trinajstić information content (AvgIpc) is 3.00. The molecule has 0 spiro atoms. The summed E-state index contributed by atoms with van der Waals surface area (Å²) >= 11 is 1.84. The smallest absolute Gasteiger partial charge is 0.214 e. The fraction of sp³-hybridized carbons (Fsp3) is 0.467. The van der Waals surface area contributed by atoms with Crippen LogP contribution in [0.25, 0.3) is 0 Å². The van der Waals surface area contributed by atoms with E-state index in [9.17, 15) is 4.79 Å². The van der Waals surface area contributed by atoms with Gasteiger partial charge in [0.25, 0.3) is 0 Å². The van der Waals surface area contributed by atoms with Crippen molar-refractivity contribution in [2.75, 3.05) is 23.7 Å². The fourth-order valence-electron chi connectivity index (χ4n) is 2.66. The van der Waals surface area contributed by atoms with Gasteiger partial charge in [-0.3, -0.25) is 9.79 Å². The Hall–Kier alpha value is -1.49. The highest BCUT2D eigenvalue weighted by molar-refractivity contribution is 8.14. The van der Waals surface area contributed by atoms with Crippen molar-refractivity contribution in [3.63, 3.8) is 0 Å². The molecule has 20 heavy (non-hydrogen) atoms. The lowest BCUT2D eigenvalue weighted by Crippen LogP contribution is -2.29. The molecule has 0 aromatic heterocycles. The molecule has 1 amide bonds. The van der Waals surface area contributed by atoms with Crippen LogP contribution in [0.4, 0.5) is 5.69 Å². The Morgan fingerprint density at radius 3 is 3.05 bits per heavy atom. The van der Waals surface area contributed by atoms with Crippen LogP contribution in [0.3, 0.4) is 0 Å². The predicted octanol–water partition coefficient (Wildman–Crippen LogP) is 2.52. The van der Waals surface area contributed by atoms with E-state index in [1.165, 1.54) is 10.7 Å². The minimum absolute atomic E-state index is 0.163. The van der Waals surface area contributed by atoms with Gasteiger partial charge in [-0.1, -0.05) is 23.9 Å². The molecule has 5 heteroatoms. The molecular weight excluding hydrogens is 270 g/mol. The molecule has 0 N–H and O–H groups in total. The number of rotatable bonds is 4. The second kappa shape index (κ2) is 5.48. The molecular formula is C15H19N3OS. The first-order valence-electron chi connectivity index (χ1n) is 6.98. The van der Waals surface area contributed by atoms with E-state index in [4.69, 9.17) is 4.99 Å². The van der Waals surface area contributed by atoms with Gasteiger partial charge in [0.2, 0.25) is 6.41 Å². The number of aliphatic imine (C=N–C) groups is 1. The fourth-order valence-corrected chi connectivity index (χ4v) is 3.70. The summed E-state index contributed by atoms with van der Waals surface area (Å²) < 4.78 is 0. The lowest BCUT2D eigenvalue weighted by molar-refractivity contribution is -0.107. The van der Waals surface area contributed by atoms with Gasteiger partial charge in [0.1, 0.15) is 0 Å². The molecule has 1 unspecified atom stereocenters. The summed E-state index contributed by atoms with van der Waals surface area (Å²) in [5, 5.41) is 1.18. The molecule has 2 heterocycles. The zero-order chi connectivity index (χ0) is 14.1. The molecule has 1 atom stereocenters. The van der Waals surface area contributed by atoms with Crippen molar-refractivity contribution in [1.82, 2.24) is 4.90 Å². The molecule has 3 rings (SSSR count). The SMILES string of the molecule is CC(C)N(C=O)c1cccc(C2CN3CCSC3=N2)c1. The number of amides is 1. The van der Waals surface area contributed by atoms with Crippen LogP contribution in [0.15, 0.2) is 29.3 Å². The number of anilines is 1. The summed E-state index contributed by atoms with van der Waals surface area (Å²) in [6.07, 6.45) is 0.901. The Kier molecular flexibility index (Phi) is 3.70. The quantitative estimate of drug-likeness (QED) is 0.799. The van der Waals surface area contributed by atoms with Crippen molar-refractivity contribution in [2.24, 2.45) is 4.99 Å². The van der Waals surface area contributed by atoms with Crippen molar-refractivity contribution in [1.29, 1.82) is 0 Å². The topological polar surface area (TPSA) is 35.9 Å². The third-order valence-electron chi connectivity index (χ3n) is 3.75. The summed E-state index contributed by atoms with van der Waals surface area (Å²) in [4.78, 5) is 20.1. The first-order valence-corrected chi connectivity index (χ1v) is 7.96. The van der Waals surface area contributed by atoms with Crippen LogP contribution < -0.4 is 4.90 Å². The van der Waals surface area contributed by atoms with Crippen LogP contribution in [-0.4, -0.2) is 41.4 Å². The van der Waals surface area contributed by atoms with Gasteiger partial charge >= 0.3 is 0 Å². The summed E-state index contributed by atoms with van der Waals surface area (Å²) in [5.41, 5.74) is 2.14. The van der Waals surface area contributed by atoms with E-state index in [-0.39, 0.29) is 12.1 Å². The molecule has 0 aliphatic carbocycles. The van der Waals surface area contributed by atoms with E-state index < -0.39 is 0 Å². The van der Waals surface area contributed by atoms with Gasteiger partial charge in [0, 0.05) is 30.6 Å². The van der Waals surface area contributed by atoms with Gasteiger partial charge in [-0.2, -0.15) is 0 Å². The minimum Gasteiger partial charge on any atom is -0.348 e. The summed E-state index contributed by atoms with van der Waals surface area (Å²) in [6, 6.07) is 8.57. The van der Waals surface area contributed by atoms with E-state index in [0.717, 1.165) is 30.9 Å². The molecule has 2 aliphatic heterocycles. The van der Waals surface area contributed by atoms with Crippen molar-refractivity contribution < 1.29 is 4.79 Å². The first-order chi connectivity index (χ1) is 9.69. The number of carbonyl (C=O) groups excluding carboxylic acids is 1. The van der Waals surface area contributed by atoms with Crippen LogP contribution in [0.1, 0.15) is 25.5 Å². The first kappa shape index (κ1) is 13.5. The molecule has 4 nitrogen and oxygen atoms in total. The van der Waals surface area contributed by atoms with E-state index in [2.05, 4.69) is 17.0 Å². The monoisotopic (exact) mass is 289 g/mol. The normalized spacial score (nSPS) is 21.1. The zero-order valence-electron chi connectivity index (χ0n) is 11.8. The number of hydrogen-bond acceptors (Lipinski definition) is 4. The van der Waals surface area contributed by atoms with Crippen molar-refractivity contribution in [3.05, 3.63) is 29.8 Å². The van der Waals surface area contributed by atoms with E-state index >= 15 is 0 Å². The Bertz CT molecular complexity index is 544. The summed E-state index contributed by atoms with van der Waals surface area (Å²) in [7, 11) is 0. The van der Waals surface area contributed by atoms with Crippen LogP contribution in [-0.2, 0) is 4.79 Å². The number of carbonyl (C=O) groups is 1. The second-order valence-electron chi connectivity index (χ2n) is 5.42. The Morgan fingerprint density at radius 1 is 1.50 bits per heavy atom. The molecule has 0 radical (unpaired) electrons. The van der Waals surface area contributed by atoms with Gasteiger partial charge in [-0.15, -0.1) is 0 Å². The molecule has 0 bridgehead atoms. The maximum absolute atomic E-state index is 11.2. The van der Waals surface area contributed by atoms with Gasteiger partial charge in [-0.25, -0.2) is 0 Å². The largest absolute Gasteiger partial charge is 0.348 e. The maximum atomic E-state index is 11.2. The van der Waals surface area contributed by atoms with E-state index in [1.807, 2.05) is 37.7 Å². The molecule has 2 aliphatic rings. The third-order valence-corrected chi connectivity index (χ3v) is 4.75. The molecule has 106 valence electrons. The lowest BCUT2D eigenvalue weighted by atomic mass is 10.1. The van der Waals surface area contributed by atoms with E-state index in [1.54, 1.807) is 4.90 Å². The van der Waals surface area contributed by atoms with Crippen molar-refractivity contribution in [3.8, 4) is 0 Å². The average molecular weight is 289 g/mol. The molecule has 1 aromatic rings. The zero-order valence-corrected chi connectivity index (χ0v) is 12.6. The number of nitrogens with zero attached hydrogens (tertiary/aromatic N) is 3. The maximum Gasteiger partial charge on any atom is 0.214 e. The number of fused-ring (bicyclic) bond motifs is 1. The number of amidine groups is 1. The van der Waals surface area contributed by atoms with Crippen LogP contribution >= 0.6 is 11.8 Å². The summed E-state index contributed by atoms with van der Waals surface area (Å²) in [5.74, 6) is 1.15. The second-order valence-corrected chi connectivity index (χ2v) is 6.49. The highest BCUT2D eigenvalue weighted by Crippen LogP contribution is 2.33. The Labute approximate surface area is 123 Å². The third kappa shape index (κ3) is 2.42. The lowest BCUT2D eigenvalue weighted by Gasteiger charge is -2.23. The molecule has 1 saturated heterocycles. The van der Waals surface area contributed by atoms with Crippen LogP contribution in [0.2, 0.25) is 0 Å². The molecule has 0 saturated carbocycles. The number of benzene rings is 1. The molecule has 1 aromatic carbocycles. The Morgan fingerprint density at radius 2 is 2.35 bits per heavy atom. The highest BCUT2D eigenvalue weighted by Gasteiger charge is 2.30. The van der Waals surface area contributed by atoms with Gasteiger partial charge in [-0.05, 0) is 31.5 Å². The van der Waals surface area contributed by atoms with Crippen molar-refractivity contribution >= 4 is 29.0 Å². The van der Waals surface area contributed by atoms with Crippen molar-refractivity contribution in [2.45, 2.75) is 25.9 Å². The summed E-state index contributed by atoms with van der Waals surface area (Å²) in [6.45, 7) is 6.11. The minimum atomic E-state index is 0.163. The predicted molar refractivity (Wildman–Crippen MR) is 84.3 cm³/mol. The number of hydrogen-bond donors (Lipinski definition) is 0. The molecule has 1 fully saturated rings. The van der Waals surface area contributed by atoms with Gasteiger partial charge in [0.15, 0.2) is 5.17 Å². The van der Waals surface area contributed by atoms with Crippen LogP contribution in [0.5, 0.6) is 0 Å². The standard InChI is InChI=1S/C15H19N3OS/c1-11(2)18(10-19)13-5-3-4-12(8-13)14-9-17-6-7-20-15(17)16-14/h3-5,8,10-11,14H,6-7,9H2,1-2H3. The Balaban J connectivity index is 1.85.